The molecule has 0 bridgehead atoms. The summed E-state index contributed by atoms with van der Waals surface area (Å²) in [6.07, 6.45) is 0. The normalized spacial score (nSPS) is 31.6. The third-order valence-corrected chi connectivity index (χ3v) is 5.24. The second-order valence-corrected chi connectivity index (χ2v) is 13.3. The molecule has 0 aromatic carbocycles. The van der Waals surface area contributed by atoms with Gasteiger partial charge in [0.1, 0.15) is 19.1 Å². The molecule has 0 N–H and O–H groups in total. The van der Waals surface area contributed by atoms with Gasteiger partial charge in [-0.25, -0.2) is 8.51 Å². The second-order valence-electron chi connectivity index (χ2n) is 6.43. The lowest BCUT2D eigenvalue weighted by molar-refractivity contribution is 0.605. The lowest BCUT2D eigenvalue weighted by Crippen LogP contribution is -2.28. The van der Waals surface area contributed by atoms with Gasteiger partial charge in [-0.05, 0) is 27.7 Å². The van der Waals surface area contributed by atoms with Crippen LogP contribution in [0.15, 0.2) is 0 Å². The Morgan fingerprint density at radius 3 is 2.12 bits per heavy atom. The van der Waals surface area contributed by atoms with Crippen molar-refractivity contribution in [3.8, 4) is 11.5 Å². The van der Waals surface area contributed by atoms with Crippen LogP contribution in [0.25, 0.3) is 0 Å². The van der Waals surface area contributed by atoms with E-state index in [9.17, 15) is 4.21 Å². The molecule has 0 aromatic rings. The summed E-state index contributed by atoms with van der Waals surface area (Å²) in [5.41, 5.74) is 3.36. The molecule has 1 aliphatic heterocycles. The topological polar surface area (TPSA) is 20.1 Å². The third kappa shape index (κ3) is 3.44. The summed E-state index contributed by atoms with van der Waals surface area (Å²) >= 11 is 0. The van der Waals surface area contributed by atoms with E-state index in [1.807, 2.05) is 25.1 Å². The molecule has 1 aliphatic rings. The molecule has 0 spiro atoms. The number of hydrogen-bond acceptors (Lipinski definition) is 1. The Morgan fingerprint density at radius 2 is 1.75 bits per heavy atom. The lowest BCUT2D eigenvalue weighted by atomic mass is 10.3. The Balaban J connectivity index is 2.70. The number of rotatable bonds is 1. The molecule has 92 valence electrons. The Bertz CT molecular complexity index is 356. The molecule has 1 saturated heterocycles. The van der Waals surface area contributed by atoms with Gasteiger partial charge in [0.2, 0.25) is 0 Å². The van der Waals surface area contributed by atoms with Gasteiger partial charge in [0, 0.05) is 6.04 Å². The van der Waals surface area contributed by atoms with Gasteiger partial charge in [0.25, 0.3) is 0 Å². The SMILES string of the molecule is C[C@H]1[C@H](C#C[Si](C)(C)C)N1S(=O)C(C)(C)C. The molecule has 0 saturated carbocycles. The average molecular weight is 257 g/mol. The maximum atomic E-state index is 12.2. The highest BCUT2D eigenvalue weighted by Crippen LogP contribution is 2.34. The van der Waals surface area contributed by atoms with Crippen molar-refractivity contribution in [1.82, 2.24) is 4.31 Å². The summed E-state index contributed by atoms with van der Waals surface area (Å²) in [6, 6.07) is 0.565. The summed E-state index contributed by atoms with van der Waals surface area (Å²) in [6.45, 7) is 14.8. The van der Waals surface area contributed by atoms with Crippen molar-refractivity contribution in [2.75, 3.05) is 0 Å². The largest absolute Gasteiger partial charge is 0.242 e. The Morgan fingerprint density at radius 1 is 1.25 bits per heavy atom. The standard InChI is InChI=1S/C12H23NOSSi/c1-10-11(8-9-16(5,6)7)13(10)15(14)12(2,3)4/h10-11H,1-7H3/t10-,11-,13?,15?/m0/s1. The maximum Gasteiger partial charge on any atom is 0.129 e. The van der Waals surface area contributed by atoms with Crippen LogP contribution in [0.5, 0.6) is 0 Å². The summed E-state index contributed by atoms with van der Waals surface area (Å²) < 4.78 is 14.0. The first kappa shape index (κ1) is 13.9. The van der Waals surface area contributed by atoms with Crippen molar-refractivity contribution < 1.29 is 4.21 Å². The van der Waals surface area contributed by atoms with Crippen LogP contribution in [0.1, 0.15) is 27.7 Å². The zero-order valence-corrected chi connectivity index (χ0v) is 13.2. The van der Waals surface area contributed by atoms with Crippen LogP contribution < -0.4 is 0 Å². The van der Waals surface area contributed by atoms with Crippen LogP contribution in [0.3, 0.4) is 0 Å². The van der Waals surface area contributed by atoms with Gasteiger partial charge in [-0.2, -0.15) is 0 Å². The highest BCUT2D eigenvalue weighted by atomic mass is 32.2. The third-order valence-electron chi connectivity index (χ3n) is 2.35. The molecule has 16 heavy (non-hydrogen) atoms. The number of hydrogen-bond donors (Lipinski definition) is 0. The predicted molar refractivity (Wildman–Crippen MR) is 74.1 cm³/mol. The van der Waals surface area contributed by atoms with Crippen LogP contribution in [-0.2, 0) is 11.0 Å². The van der Waals surface area contributed by atoms with E-state index < -0.39 is 19.1 Å². The van der Waals surface area contributed by atoms with Gasteiger partial charge < -0.3 is 0 Å². The first-order chi connectivity index (χ1) is 7.04. The number of nitrogens with zero attached hydrogens (tertiary/aromatic N) is 1. The van der Waals surface area contributed by atoms with Crippen LogP contribution in [0, 0.1) is 11.5 Å². The van der Waals surface area contributed by atoms with Crippen molar-refractivity contribution in [3.05, 3.63) is 0 Å². The van der Waals surface area contributed by atoms with E-state index in [0.717, 1.165) is 0 Å². The van der Waals surface area contributed by atoms with E-state index in [1.54, 1.807) is 0 Å². The molecule has 0 aliphatic carbocycles. The molecule has 0 aromatic heterocycles. The zero-order chi connectivity index (χ0) is 12.7. The molecule has 1 fully saturated rings. The van der Waals surface area contributed by atoms with E-state index in [4.69, 9.17) is 0 Å². The molecule has 0 amide bonds. The highest BCUT2D eigenvalue weighted by molar-refractivity contribution is 7.84. The van der Waals surface area contributed by atoms with E-state index in [1.165, 1.54) is 0 Å². The Hall–Kier alpha value is -0.113. The van der Waals surface area contributed by atoms with Crippen molar-refractivity contribution in [3.63, 3.8) is 0 Å². The van der Waals surface area contributed by atoms with Gasteiger partial charge in [0.05, 0.1) is 10.8 Å². The summed E-state index contributed by atoms with van der Waals surface area (Å²) in [5.74, 6) is 3.29. The van der Waals surface area contributed by atoms with Crippen molar-refractivity contribution in [1.29, 1.82) is 0 Å². The minimum atomic E-state index is -1.31. The Kier molecular flexibility index (Phi) is 3.74. The van der Waals surface area contributed by atoms with Crippen molar-refractivity contribution in [2.45, 2.75) is 64.2 Å². The summed E-state index contributed by atoms with van der Waals surface area (Å²) in [4.78, 5) is 0. The minimum absolute atomic E-state index is 0.177. The maximum absolute atomic E-state index is 12.2. The van der Waals surface area contributed by atoms with Crippen LogP contribution in [-0.4, -0.2) is 33.4 Å². The molecule has 1 rings (SSSR count). The van der Waals surface area contributed by atoms with Gasteiger partial charge in [0.15, 0.2) is 0 Å². The first-order valence-electron chi connectivity index (χ1n) is 5.77. The quantitative estimate of drug-likeness (QED) is 0.401. The molecule has 4 atom stereocenters. The summed E-state index contributed by atoms with van der Waals surface area (Å²) in [5, 5.41) is 0. The van der Waals surface area contributed by atoms with Crippen molar-refractivity contribution in [2.24, 2.45) is 0 Å². The average Bonchev–Trinajstić information content (AvgIpc) is 2.68. The van der Waals surface area contributed by atoms with E-state index in [0.29, 0.717) is 6.04 Å². The zero-order valence-electron chi connectivity index (χ0n) is 11.4. The van der Waals surface area contributed by atoms with Gasteiger partial charge in [-0.3, -0.25) is 0 Å². The first-order valence-corrected chi connectivity index (χ1v) is 10.4. The predicted octanol–water partition coefficient (Wildman–Crippen LogP) is 2.40. The molecule has 1 heterocycles. The Labute approximate surface area is 103 Å². The molecular weight excluding hydrogens is 234 g/mol. The molecule has 0 radical (unpaired) electrons. The minimum Gasteiger partial charge on any atom is -0.242 e. The summed E-state index contributed by atoms with van der Waals surface area (Å²) in [7, 11) is -2.23. The smallest absolute Gasteiger partial charge is 0.129 e. The fourth-order valence-corrected chi connectivity index (χ4v) is 3.38. The van der Waals surface area contributed by atoms with Gasteiger partial charge >= 0.3 is 0 Å². The van der Waals surface area contributed by atoms with E-state index >= 15 is 0 Å². The molecule has 2 unspecified atom stereocenters. The fraction of sp³-hybridized carbons (Fsp3) is 0.833. The van der Waals surface area contributed by atoms with Crippen LogP contribution in [0.2, 0.25) is 19.6 Å². The van der Waals surface area contributed by atoms with Crippen LogP contribution in [0.4, 0.5) is 0 Å². The highest BCUT2D eigenvalue weighted by Gasteiger charge is 2.50. The van der Waals surface area contributed by atoms with E-state index in [2.05, 4.69) is 38.0 Å². The molecular formula is C12H23NOSSi. The second kappa shape index (κ2) is 4.28. The molecule has 4 heteroatoms. The van der Waals surface area contributed by atoms with Crippen LogP contribution >= 0.6 is 0 Å². The van der Waals surface area contributed by atoms with E-state index in [-0.39, 0.29) is 10.8 Å². The molecule has 2 nitrogen and oxygen atoms in total. The van der Waals surface area contributed by atoms with Crippen molar-refractivity contribution >= 4 is 19.1 Å². The van der Waals surface area contributed by atoms with Gasteiger partial charge in [-0.15, -0.1) is 5.54 Å². The fourth-order valence-electron chi connectivity index (χ4n) is 1.37. The monoisotopic (exact) mass is 257 g/mol. The lowest BCUT2D eigenvalue weighted by Gasteiger charge is -2.18. The van der Waals surface area contributed by atoms with Gasteiger partial charge in [-0.1, -0.05) is 25.6 Å².